The molecule has 148 valence electrons. The summed E-state index contributed by atoms with van der Waals surface area (Å²) in [5.74, 6) is 0.689. The van der Waals surface area contributed by atoms with E-state index in [0.717, 1.165) is 5.56 Å². The molecule has 0 atom stereocenters. The predicted octanol–water partition coefficient (Wildman–Crippen LogP) is 3.85. The summed E-state index contributed by atoms with van der Waals surface area (Å²) in [6, 6.07) is 16.1. The minimum atomic E-state index is -0.172. The molecule has 0 aliphatic heterocycles. The zero-order chi connectivity index (χ0) is 20.6. The van der Waals surface area contributed by atoms with Gasteiger partial charge in [0.05, 0.1) is 30.5 Å². The fraction of sp³-hybridized carbons (Fsp3) is 0.200. The molecule has 9 heteroatoms. The molecule has 3 aromatic rings. The number of nitriles is 1. The van der Waals surface area contributed by atoms with Crippen molar-refractivity contribution >= 4 is 35.0 Å². The van der Waals surface area contributed by atoms with E-state index in [0.29, 0.717) is 40.4 Å². The second-order valence-corrected chi connectivity index (χ2v) is 7.36. The zero-order valence-electron chi connectivity index (χ0n) is 15.6. The minimum absolute atomic E-state index is 0.172. The maximum atomic E-state index is 12.3. The monoisotopic (exact) mass is 427 g/mol. The largest absolute Gasteiger partial charge is 0.383 e. The molecule has 1 amide bonds. The lowest BCUT2D eigenvalue weighted by Gasteiger charge is -2.10. The third-order valence-corrected chi connectivity index (χ3v) is 5.19. The van der Waals surface area contributed by atoms with E-state index in [1.165, 1.54) is 11.8 Å². The van der Waals surface area contributed by atoms with Crippen LogP contribution in [0.15, 0.2) is 53.7 Å². The van der Waals surface area contributed by atoms with Crippen LogP contribution in [0, 0.1) is 11.3 Å². The first kappa shape index (κ1) is 20.9. The first-order chi connectivity index (χ1) is 14.1. The summed E-state index contributed by atoms with van der Waals surface area (Å²) < 4.78 is 7.12. The Kier molecular flexibility index (Phi) is 7.25. The van der Waals surface area contributed by atoms with Gasteiger partial charge in [-0.25, -0.2) is 0 Å². The number of benzene rings is 2. The standard InChI is InChI=1S/C20H18ClN5O2S/c1-28-11-10-26-19(15-4-6-16(21)7-5-15)24-25-20(26)29-13-18(27)23-17-8-2-14(12-22)3-9-17/h2-9H,10-11,13H2,1H3,(H,23,27). The molecule has 1 aromatic heterocycles. The molecule has 2 aromatic carbocycles. The number of thioether (sulfide) groups is 1. The van der Waals surface area contributed by atoms with E-state index in [-0.39, 0.29) is 11.7 Å². The van der Waals surface area contributed by atoms with Crippen LogP contribution < -0.4 is 5.32 Å². The maximum Gasteiger partial charge on any atom is 0.234 e. The first-order valence-corrected chi connectivity index (χ1v) is 10.1. The highest BCUT2D eigenvalue weighted by atomic mass is 35.5. The maximum absolute atomic E-state index is 12.3. The molecule has 3 rings (SSSR count). The van der Waals surface area contributed by atoms with Gasteiger partial charge >= 0.3 is 0 Å². The molecule has 0 spiro atoms. The summed E-state index contributed by atoms with van der Waals surface area (Å²) in [5, 5.41) is 21.4. The molecule has 7 nitrogen and oxygen atoms in total. The molecule has 0 saturated heterocycles. The Morgan fingerprint density at radius 1 is 1.21 bits per heavy atom. The minimum Gasteiger partial charge on any atom is -0.383 e. The van der Waals surface area contributed by atoms with Gasteiger partial charge in [-0.2, -0.15) is 5.26 Å². The second kappa shape index (κ2) is 10.1. The topological polar surface area (TPSA) is 92.8 Å². The summed E-state index contributed by atoms with van der Waals surface area (Å²) in [6.07, 6.45) is 0. The van der Waals surface area contributed by atoms with Gasteiger partial charge in [0.15, 0.2) is 11.0 Å². The van der Waals surface area contributed by atoms with Crippen LogP contribution in [0.2, 0.25) is 5.02 Å². The van der Waals surface area contributed by atoms with E-state index in [9.17, 15) is 4.79 Å². The van der Waals surface area contributed by atoms with Gasteiger partial charge in [-0.3, -0.25) is 9.36 Å². The zero-order valence-corrected chi connectivity index (χ0v) is 17.2. The van der Waals surface area contributed by atoms with Crippen LogP contribution in [0.1, 0.15) is 5.56 Å². The Labute approximate surface area is 177 Å². The smallest absolute Gasteiger partial charge is 0.234 e. The Morgan fingerprint density at radius 2 is 1.93 bits per heavy atom. The Balaban J connectivity index is 1.70. The van der Waals surface area contributed by atoms with Gasteiger partial charge in [0.25, 0.3) is 0 Å². The second-order valence-electron chi connectivity index (χ2n) is 5.98. The lowest BCUT2D eigenvalue weighted by Crippen LogP contribution is -2.15. The summed E-state index contributed by atoms with van der Waals surface area (Å²) in [5.41, 5.74) is 2.06. The number of carbonyl (C=O) groups is 1. The molecule has 0 radical (unpaired) electrons. The van der Waals surface area contributed by atoms with Crippen LogP contribution in [0.25, 0.3) is 11.4 Å². The van der Waals surface area contributed by atoms with Gasteiger partial charge < -0.3 is 10.1 Å². The van der Waals surface area contributed by atoms with Crippen molar-refractivity contribution in [1.82, 2.24) is 14.8 Å². The molecule has 0 aliphatic carbocycles. The molecule has 0 bridgehead atoms. The third-order valence-electron chi connectivity index (χ3n) is 3.97. The van der Waals surface area contributed by atoms with Crippen LogP contribution in [0.5, 0.6) is 0 Å². The predicted molar refractivity (Wildman–Crippen MR) is 113 cm³/mol. The molecular formula is C20H18ClN5O2S. The Hall–Kier alpha value is -2.86. The molecule has 1 heterocycles. The Morgan fingerprint density at radius 3 is 2.59 bits per heavy atom. The lowest BCUT2D eigenvalue weighted by molar-refractivity contribution is -0.113. The fourth-order valence-corrected chi connectivity index (χ4v) is 3.44. The van der Waals surface area contributed by atoms with Gasteiger partial charge in [-0.1, -0.05) is 23.4 Å². The molecule has 1 N–H and O–H groups in total. The number of amides is 1. The van der Waals surface area contributed by atoms with Crippen molar-refractivity contribution in [3.05, 3.63) is 59.1 Å². The number of hydrogen-bond acceptors (Lipinski definition) is 6. The number of methoxy groups -OCH3 is 1. The van der Waals surface area contributed by atoms with Gasteiger partial charge in [0, 0.05) is 23.4 Å². The number of hydrogen-bond donors (Lipinski definition) is 1. The van der Waals surface area contributed by atoms with E-state index >= 15 is 0 Å². The van der Waals surface area contributed by atoms with Crippen molar-refractivity contribution in [2.45, 2.75) is 11.7 Å². The number of nitrogens with one attached hydrogen (secondary N) is 1. The quantitative estimate of drug-likeness (QED) is 0.549. The fourth-order valence-electron chi connectivity index (χ4n) is 2.55. The third kappa shape index (κ3) is 5.57. The van der Waals surface area contributed by atoms with Gasteiger partial charge in [0.1, 0.15) is 0 Å². The van der Waals surface area contributed by atoms with Crippen molar-refractivity contribution in [2.75, 3.05) is 24.8 Å². The molecule has 29 heavy (non-hydrogen) atoms. The average molecular weight is 428 g/mol. The van der Waals surface area contributed by atoms with E-state index in [1.807, 2.05) is 22.8 Å². The van der Waals surface area contributed by atoms with Gasteiger partial charge in [-0.15, -0.1) is 10.2 Å². The number of rotatable bonds is 8. The molecule has 0 saturated carbocycles. The molecular weight excluding hydrogens is 410 g/mol. The number of anilines is 1. The van der Waals surface area contributed by atoms with Crippen molar-refractivity contribution in [3.8, 4) is 17.5 Å². The van der Waals surface area contributed by atoms with Gasteiger partial charge in [-0.05, 0) is 48.5 Å². The number of carbonyl (C=O) groups excluding carboxylic acids is 1. The van der Waals surface area contributed by atoms with Crippen molar-refractivity contribution in [1.29, 1.82) is 5.26 Å². The highest BCUT2D eigenvalue weighted by Crippen LogP contribution is 2.25. The number of ether oxygens (including phenoxy) is 1. The SMILES string of the molecule is COCCn1c(SCC(=O)Nc2ccc(C#N)cc2)nnc1-c1ccc(Cl)cc1. The van der Waals surface area contributed by atoms with Crippen molar-refractivity contribution < 1.29 is 9.53 Å². The number of nitrogens with zero attached hydrogens (tertiary/aromatic N) is 4. The normalized spacial score (nSPS) is 10.5. The van der Waals surface area contributed by atoms with E-state index in [2.05, 4.69) is 15.5 Å². The summed E-state index contributed by atoms with van der Waals surface area (Å²) in [7, 11) is 1.63. The van der Waals surface area contributed by atoms with E-state index in [4.69, 9.17) is 21.6 Å². The van der Waals surface area contributed by atoms with Crippen LogP contribution in [0.3, 0.4) is 0 Å². The summed E-state index contributed by atoms with van der Waals surface area (Å²) in [4.78, 5) is 12.3. The molecule has 0 unspecified atom stereocenters. The summed E-state index contributed by atoms with van der Waals surface area (Å²) >= 11 is 7.26. The van der Waals surface area contributed by atoms with Crippen LogP contribution in [0.4, 0.5) is 5.69 Å². The average Bonchev–Trinajstić information content (AvgIpc) is 3.14. The molecule has 0 aliphatic rings. The Bertz CT molecular complexity index is 1010. The van der Waals surface area contributed by atoms with E-state index < -0.39 is 0 Å². The number of aromatic nitrogens is 3. The van der Waals surface area contributed by atoms with Crippen molar-refractivity contribution in [3.63, 3.8) is 0 Å². The highest BCUT2D eigenvalue weighted by molar-refractivity contribution is 7.99. The first-order valence-electron chi connectivity index (χ1n) is 8.71. The van der Waals surface area contributed by atoms with E-state index in [1.54, 1.807) is 43.5 Å². The lowest BCUT2D eigenvalue weighted by atomic mass is 10.2. The summed E-state index contributed by atoms with van der Waals surface area (Å²) in [6.45, 7) is 1.05. The highest BCUT2D eigenvalue weighted by Gasteiger charge is 2.16. The van der Waals surface area contributed by atoms with Gasteiger partial charge in [0.2, 0.25) is 5.91 Å². The van der Waals surface area contributed by atoms with Crippen LogP contribution in [-0.4, -0.2) is 40.1 Å². The van der Waals surface area contributed by atoms with Crippen LogP contribution >= 0.6 is 23.4 Å². The van der Waals surface area contributed by atoms with Crippen LogP contribution in [-0.2, 0) is 16.1 Å². The molecule has 0 fully saturated rings. The van der Waals surface area contributed by atoms with Crippen molar-refractivity contribution in [2.24, 2.45) is 0 Å². The number of halogens is 1.